The van der Waals surface area contributed by atoms with E-state index in [1.807, 2.05) is 0 Å². The Balaban J connectivity index is 2.41. The van der Waals surface area contributed by atoms with Crippen LogP contribution in [-0.2, 0) is 9.53 Å². The number of methoxy groups -OCH3 is 1. The van der Waals surface area contributed by atoms with E-state index in [0.29, 0.717) is 6.54 Å². The summed E-state index contributed by atoms with van der Waals surface area (Å²) in [6, 6.07) is 0. The van der Waals surface area contributed by atoms with Gasteiger partial charge in [-0.15, -0.1) is 0 Å². The van der Waals surface area contributed by atoms with Crippen LogP contribution in [0.4, 0.5) is 0 Å². The smallest absolute Gasteiger partial charge is 0.246 e. The first-order valence-electron chi connectivity index (χ1n) is 3.72. The standard InChI is InChI=1S/C8H13NO2/c1-3-8(10)9-5-4-7(6-9)11-2/h3,7H,1,4-6H2,2H3/t7-/m0/s1. The van der Waals surface area contributed by atoms with Gasteiger partial charge in [0, 0.05) is 20.2 Å². The Morgan fingerprint density at radius 2 is 2.55 bits per heavy atom. The lowest BCUT2D eigenvalue weighted by Gasteiger charge is -2.12. The lowest BCUT2D eigenvalue weighted by Crippen LogP contribution is -2.27. The minimum Gasteiger partial charge on any atom is -0.380 e. The van der Waals surface area contributed by atoms with Gasteiger partial charge in [-0.2, -0.15) is 0 Å². The average Bonchev–Trinajstić information content (AvgIpc) is 2.50. The Morgan fingerprint density at radius 3 is 3.00 bits per heavy atom. The van der Waals surface area contributed by atoms with Crippen molar-refractivity contribution in [3.05, 3.63) is 12.7 Å². The van der Waals surface area contributed by atoms with E-state index in [4.69, 9.17) is 4.74 Å². The number of amides is 1. The highest BCUT2D eigenvalue weighted by Gasteiger charge is 2.23. The van der Waals surface area contributed by atoms with Crippen molar-refractivity contribution in [2.75, 3.05) is 20.2 Å². The van der Waals surface area contributed by atoms with E-state index in [2.05, 4.69) is 6.58 Å². The van der Waals surface area contributed by atoms with Crippen molar-refractivity contribution < 1.29 is 9.53 Å². The van der Waals surface area contributed by atoms with Crippen LogP contribution < -0.4 is 0 Å². The highest BCUT2D eigenvalue weighted by atomic mass is 16.5. The third-order valence-corrected chi connectivity index (χ3v) is 1.96. The second-order valence-electron chi connectivity index (χ2n) is 2.63. The Morgan fingerprint density at radius 1 is 1.82 bits per heavy atom. The monoisotopic (exact) mass is 155 g/mol. The highest BCUT2D eigenvalue weighted by molar-refractivity contribution is 5.87. The van der Waals surface area contributed by atoms with Crippen molar-refractivity contribution in [3.63, 3.8) is 0 Å². The van der Waals surface area contributed by atoms with Gasteiger partial charge in [0.2, 0.25) is 5.91 Å². The zero-order chi connectivity index (χ0) is 8.27. The van der Waals surface area contributed by atoms with Crippen molar-refractivity contribution in [2.45, 2.75) is 12.5 Å². The van der Waals surface area contributed by atoms with Gasteiger partial charge in [0.15, 0.2) is 0 Å². The van der Waals surface area contributed by atoms with Gasteiger partial charge < -0.3 is 9.64 Å². The maximum absolute atomic E-state index is 11.0. The number of ether oxygens (including phenoxy) is 1. The van der Waals surface area contributed by atoms with Gasteiger partial charge in [-0.25, -0.2) is 0 Å². The molecule has 11 heavy (non-hydrogen) atoms. The van der Waals surface area contributed by atoms with Gasteiger partial charge in [-0.05, 0) is 12.5 Å². The molecule has 0 unspecified atom stereocenters. The quantitative estimate of drug-likeness (QED) is 0.541. The van der Waals surface area contributed by atoms with Gasteiger partial charge in [0.25, 0.3) is 0 Å². The summed E-state index contributed by atoms with van der Waals surface area (Å²) in [5.74, 6) is 0.00421. The average molecular weight is 155 g/mol. The number of carbonyl (C=O) groups excluding carboxylic acids is 1. The SMILES string of the molecule is C=CC(=O)N1CC[C@H](OC)C1. The largest absolute Gasteiger partial charge is 0.380 e. The van der Waals surface area contributed by atoms with E-state index < -0.39 is 0 Å². The molecule has 0 N–H and O–H groups in total. The molecule has 1 aliphatic rings. The van der Waals surface area contributed by atoms with Crippen LogP contribution in [-0.4, -0.2) is 37.1 Å². The van der Waals surface area contributed by atoms with Crippen LogP contribution in [0, 0.1) is 0 Å². The molecule has 1 saturated heterocycles. The summed E-state index contributed by atoms with van der Waals surface area (Å²) < 4.78 is 5.11. The molecule has 0 saturated carbocycles. The molecule has 1 aliphatic heterocycles. The van der Waals surface area contributed by atoms with E-state index in [9.17, 15) is 4.79 Å². The van der Waals surface area contributed by atoms with Gasteiger partial charge in [0.1, 0.15) is 0 Å². The molecular formula is C8H13NO2. The summed E-state index contributed by atoms with van der Waals surface area (Å²) in [5.41, 5.74) is 0. The predicted octanol–water partition coefficient (Wildman–Crippen LogP) is 0.420. The van der Waals surface area contributed by atoms with Crippen LogP contribution in [0.25, 0.3) is 0 Å². The molecule has 0 aromatic heterocycles. The fourth-order valence-corrected chi connectivity index (χ4v) is 1.25. The topological polar surface area (TPSA) is 29.5 Å². The predicted molar refractivity (Wildman–Crippen MR) is 42.2 cm³/mol. The third kappa shape index (κ3) is 1.80. The van der Waals surface area contributed by atoms with Crippen LogP contribution in [0.5, 0.6) is 0 Å². The zero-order valence-electron chi connectivity index (χ0n) is 6.75. The third-order valence-electron chi connectivity index (χ3n) is 1.96. The van der Waals surface area contributed by atoms with E-state index in [1.165, 1.54) is 6.08 Å². The maximum atomic E-state index is 11.0. The van der Waals surface area contributed by atoms with Gasteiger partial charge in [-0.3, -0.25) is 4.79 Å². The first-order chi connectivity index (χ1) is 5.27. The van der Waals surface area contributed by atoms with Crippen LogP contribution in [0.3, 0.4) is 0 Å². The van der Waals surface area contributed by atoms with Crippen LogP contribution in [0.15, 0.2) is 12.7 Å². The molecule has 0 bridgehead atoms. The Bertz CT molecular complexity index is 167. The molecule has 3 heteroatoms. The molecule has 0 aromatic carbocycles. The molecular weight excluding hydrogens is 142 g/mol. The van der Waals surface area contributed by atoms with Gasteiger partial charge in [-0.1, -0.05) is 6.58 Å². The van der Waals surface area contributed by atoms with E-state index in [-0.39, 0.29) is 12.0 Å². The lowest BCUT2D eigenvalue weighted by molar-refractivity contribution is -0.125. The normalized spacial score (nSPS) is 23.7. The number of carbonyl (C=O) groups is 1. The molecule has 62 valence electrons. The molecule has 0 aliphatic carbocycles. The molecule has 1 rings (SSSR count). The van der Waals surface area contributed by atoms with Crippen LogP contribution in [0.1, 0.15) is 6.42 Å². The molecule has 1 heterocycles. The first-order valence-corrected chi connectivity index (χ1v) is 3.72. The van der Waals surface area contributed by atoms with Crippen molar-refractivity contribution in [1.82, 2.24) is 4.90 Å². The Kier molecular flexibility index (Phi) is 2.65. The fourth-order valence-electron chi connectivity index (χ4n) is 1.25. The van der Waals surface area contributed by atoms with Crippen molar-refractivity contribution in [1.29, 1.82) is 0 Å². The van der Waals surface area contributed by atoms with Crippen molar-refractivity contribution in [3.8, 4) is 0 Å². The summed E-state index contributed by atoms with van der Waals surface area (Å²) in [6.45, 7) is 4.93. The maximum Gasteiger partial charge on any atom is 0.246 e. The van der Waals surface area contributed by atoms with Gasteiger partial charge >= 0.3 is 0 Å². The van der Waals surface area contributed by atoms with E-state index in [1.54, 1.807) is 12.0 Å². The molecule has 0 spiro atoms. The number of hydrogen-bond acceptors (Lipinski definition) is 2. The summed E-state index contributed by atoms with van der Waals surface area (Å²) in [5, 5.41) is 0. The second kappa shape index (κ2) is 3.53. The number of rotatable bonds is 2. The lowest BCUT2D eigenvalue weighted by atomic mass is 10.3. The molecule has 0 aromatic rings. The molecule has 1 atom stereocenters. The van der Waals surface area contributed by atoms with E-state index in [0.717, 1.165) is 13.0 Å². The minimum atomic E-state index is 0.00421. The van der Waals surface area contributed by atoms with Crippen molar-refractivity contribution in [2.24, 2.45) is 0 Å². The van der Waals surface area contributed by atoms with Crippen molar-refractivity contribution >= 4 is 5.91 Å². The van der Waals surface area contributed by atoms with E-state index >= 15 is 0 Å². The van der Waals surface area contributed by atoms with Crippen LogP contribution in [0.2, 0.25) is 0 Å². The van der Waals surface area contributed by atoms with Crippen LogP contribution >= 0.6 is 0 Å². The minimum absolute atomic E-state index is 0.00421. The van der Waals surface area contributed by atoms with Gasteiger partial charge in [0.05, 0.1) is 6.10 Å². The zero-order valence-corrected chi connectivity index (χ0v) is 6.75. The highest BCUT2D eigenvalue weighted by Crippen LogP contribution is 2.11. The molecule has 1 fully saturated rings. The molecule has 1 amide bonds. The molecule has 0 radical (unpaired) electrons. The number of hydrogen-bond donors (Lipinski definition) is 0. The molecule has 3 nitrogen and oxygen atoms in total. The Hall–Kier alpha value is -0.830. The fraction of sp³-hybridized carbons (Fsp3) is 0.625. The summed E-state index contributed by atoms with van der Waals surface area (Å²) in [6.07, 6.45) is 2.51. The summed E-state index contributed by atoms with van der Waals surface area (Å²) >= 11 is 0. The summed E-state index contributed by atoms with van der Waals surface area (Å²) in [4.78, 5) is 12.8. The first kappa shape index (κ1) is 8.27. The Labute approximate surface area is 66.6 Å². The number of likely N-dealkylation sites (tertiary alicyclic amines) is 1. The second-order valence-corrected chi connectivity index (χ2v) is 2.63. The summed E-state index contributed by atoms with van der Waals surface area (Å²) in [7, 11) is 1.67. The number of nitrogens with zero attached hydrogens (tertiary/aromatic N) is 1.